The van der Waals surface area contributed by atoms with E-state index in [0.717, 1.165) is 78.7 Å². The molecule has 14 nitrogen and oxygen atoms in total. The molecular weight excluding hydrogens is 843 g/mol. The van der Waals surface area contributed by atoms with Gasteiger partial charge in [-0.3, -0.25) is 38.2 Å². The summed E-state index contributed by atoms with van der Waals surface area (Å²) in [5, 5.41) is 5.95. The van der Waals surface area contributed by atoms with Crippen molar-refractivity contribution >= 4 is 39.1 Å². The Kier molecular flexibility index (Phi) is 9.91. The van der Waals surface area contributed by atoms with Crippen LogP contribution in [0.5, 0.6) is 0 Å². The molecule has 1 unspecified atom stereocenters. The number of carbonyl (C=O) groups excluding carboxylic acids is 1. The lowest BCUT2D eigenvalue weighted by molar-refractivity contribution is 0.0757. The number of likely N-dealkylation sites (tertiary alicyclic amines) is 1. The first kappa shape index (κ1) is 42.1. The fourth-order valence-electron chi connectivity index (χ4n) is 11.0. The summed E-state index contributed by atoms with van der Waals surface area (Å²) in [5.74, 6) is -0.613. The third-order valence-electron chi connectivity index (χ3n) is 14.6. The minimum atomic E-state index is -0.819. The van der Waals surface area contributed by atoms with Crippen molar-refractivity contribution < 1.29 is 9.32 Å². The van der Waals surface area contributed by atoms with E-state index < -0.39 is 11.3 Å². The van der Waals surface area contributed by atoms with Crippen LogP contribution in [0.2, 0.25) is 0 Å². The molecule has 2 fully saturated rings. The smallest absolute Gasteiger partial charge is 0.333 e. The van der Waals surface area contributed by atoms with Crippen molar-refractivity contribution in [3.63, 3.8) is 0 Å². The zero-order valence-electron chi connectivity index (χ0n) is 38.5. The van der Waals surface area contributed by atoms with Crippen LogP contribution < -0.4 is 17.0 Å². The molecule has 0 bridgehead atoms. The lowest BCUT2D eigenvalue weighted by Crippen LogP contribution is -2.43. The highest BCUT2D eigenvalue weighted by Crippen LogP contribution is 2.56. The Morgan fingerprint density at radius 3 is 2.48 bits per heavy atom. The molecule has 1 amide bonds. The van der Waals surface area contributed by atoms with Gasteiger partial charge >= 0.3 is 11.4 Å². The largest absolute Gasteiger partial charge is 0.438 e. The molecule has 3 aromatic carbocycles. The Balaban J connectivity index is 1.06. The first-order valence-electron chi connectivity index (χ1n) is 23.1. The van der Waals surface area contributed by atoms with Gasteiger partial charge in [0.05, 0.1) is 11.2 Å². The molecule has 0 spiro atoms. The number of amides is 1. The summed E-state index contributed by atoms with van der Waals surface area (Å²) in [5.41, 5.74) is 11.2. The summed E-state index contributed by atoms with van der Waals surface area (Å²) in [6, 6.07) is 26.2. The number of piperidine rings is 1. The number of rotatable bonds is 8. The lowest BCUT2D eigenvalue weighted by atomic mass is 9.87. The number of carbonyl (C=O) groups is 1. The number of aliphatic imine (C=N–C) groups is 1. The normalized spacial score (nSPS) is 19.5. The van der Waals surface area contributed by atoms with Crippen LogP contribution >= 0.6 is 0 Å². The average Bonchev–Trinajstić information content (AvgIpc) is 3.56. The van der Waals surface area contributed by atoms with Crippen molar-refractivity contribution in [2.24, 2.45) is 18.0 Å². The Bertz CT molecular complexity index is 3610. The quantitative estimate of drug-likeness (QED) is 0.163. The van der Waals surface area contributed by atoms with E-state index in [9.17, 15) is 14.4 Å². The van der Waals surface area contributed by atoms with E-state index in [1.54, 1.807) is 33.9 Å². The molecule has 3 atom stereocenters. The summed E-state index contributed by atoms with van der Waals surface area (Å²) < 4.78 is 12.2. The van der Waals surface area contributed by atoms with Gasteiger partial charge in [0, 0.05) is 102 Å². The molecule has 2 aliphatic heterocycles. The van der Waals surface area contributed by atoms with E-state index in [0.29, 0.717) is 55.1 Å². The fourth-order valence-corrected chi connectivity index (χ4v) is 11.0. The maximum absolute atomic E-state index is 15.6. The second-order valence-corrected chi connectivity index (χ2v) is 18.6. The molecule has 1 saturated carbocycles. The van der Waals surface area contributed by atoms with E-state index in [2.05, 4.69) is 89.9 Å². The number of nitrogens with zero attached hydrogens (tertiary/aromatic N) is 8. The van der Waals surface area contributed by atoms with Crippen LogP contribution in [0.15, 0.2) is 127 Å². The minimum Gasteiger partial charge on any atom is -0.333 e. The first-order valence-corrected chi connectivity index (χ1v) is 23.1. The minimum absolute atomic E-state index is 0.0328. The fraction of sp³-hybridized carbons (Fsp3) is 0.302. The van der Waals surface area contributed by atoms with Gasteiger partial charge in [0.1, 0.15) is 11.2 Å². The van der Waals surface area contributed by atoms with Gasteiger partial charge in [0.15, 0.2) is 5.82 Å². The summed E-state index contributed by atoms with van der Waals surface area (Å²) in [6.45, 7) is 11.4. The highest BCUT2D eigenvalue weighted by molar-refractivity contribution is 6.09. The second kappa shape index (κ2) is 15.8. The van der Waals surface area contributed by atoms with Crippen molar-refractivity contribution in [3.05, 3.63) is 174 Å². The number of H-pyrrole nitrogens is 1. The average molecular weight is 894 g/mol. The number of hydrogen-bond donors (Lipinski definition) is 1. The number of benzene rings is 3. The number of nitrogens with one attached hydrogen (secondary N) is 1. The van der Waals surface area contributed by atoms with Crippen LogP contribution in [0.3, 0.4) is 0 Å². The molecule has 14 heteroatoms. The highest BCUT2D eigenvalue weighted by atomic mass is 16.5. The lowest BCUT2D eigenvalue weighted by Gasteiger charge is -2.33. The van der Waals surface area contributed by atoms with Crippen molar-refractivity contribution in [1.29, 1.82) is 0 Å². The van der Waals surface area contributed by atoms with Gasteiger partial charge in [0.2, 0.25) is 0 Å². The maximum Gasteiger partial charge on any atom is 0.438 e. The molecule has 7 heterocycles. The molecule has 8 aromatic rings. The summed E-state index contributed by atoms with van der Waals surface area (Å²) in [4.78, 5) is 70.2. The number of aromatic nitrogens is 7. The van der Waals surface area contributed by atoms with Crippen LogP contribution in [0.4, 0.5) is 0 Å². The first-order chi connectivity index (χ1) is 32.4. The van der Waals surface area contributed by atoms with Crippen LogP contribution in [0, 0.1) is 26.7 Å². The predicted molar refractivity (Wildman–Crippen MR) is 259 cm³/mol. The van der Waals surface area contributed by atoms with Crippen molar-refractivity contribution in [1.82, 2.24) is 38.3 Å². The third-order valence-corrected chi connectivity index (χ3v) is 14.6. The van der Waals surface area contributed by atoms with Crippen molar-refractivity contribution in [2.75, 3.05) is 19.6 Å². The summed E-state index contributed by atoms with van der Waals surface area (Å²) >= 11 is 0. The van der Waals surface area contributed by atoms with Gasteiger partial charge in [-0.2, -0.15) is 0 Å². The topological polar surface area (TPSA) is 158 Å². The van der Waals surface area contributed by atoms with Gasteiger partial charge < -0.3 is 14.0 Å². The van der Waals surface area contributed by atoms with Crippen molar-refractivity contribution in [3.8, 4) is 16.8 Å². The molecule has 11 rings (SSSR count). The monoisotopic (exact) mass is 893 g/mol. The van der Waals surface area contributed by atoms with Gasteiger partial charge in [-0.25, -0.2) is 9.59 Å². The number of allylic oxidation sites excluding steroid dienone is 1. The van der Waals surface area contributed by atoms with Crippen LogP contribution in [0.1, 0.15) is 83.3 Å². The summed E-state index contributed by atoms with van der Waals surface area (Å²) in [6.07, 6.45) is 8.10. The molecule has 1 saturated heterocycles. The number of imidazole rings is 1. The Morgan fingerprint density at radius 1 is 0.925 bits per heavy atom. The van der Waals surface area contributed by atoms with Crippen molar-refractivity contribution in [2.45, 2.75) is 71.8 Å². The highest BCUT2D eigenvalue weighted by Gasteiger charge is 2.59. The molecule has 5 aromatic heterocycles. The van der Waals surface area contributed by atoms with Gasteiger partial charge in [-0.15, -0.1) is 0 Å². The molecule has 338 valence electrons. The van der Waals surface area contributed by atoms with E-state index >= 15 is 4.79 Å². The molecule has 67 heavy (non-hydrogen) atoms. The van der Waals surface area contributed by atoms with E-state index in [-0.39, 0.29) is 35.5 Å². The van der Waals surface area contributed by atoms with Crippen LogP contribution in [-0.4, -0.2) is 69.5 Å². The number of aryl methyl sites for hydroxylation is 4. The molecule has 0 radical (unpaired) electrons. The molecular formula is C53H51N9O5. The predicted octanol–water partition coefficient (Wildman–Crippen LogP) is 7.84. The molecule has 1 N–H and O–H groups in total. The van der Waals surface area contributed by atoms with Gasteiger partial charge in [-0.1, -0.05) is 54.9 Å². The third kappa shape index (κ3) is 6.71. The Hall–Kier alpha value is -7.61. The number of hydrogen-bond acceptors (Lipinski definition) is 8. The standard InChI is InChI=1S/C53H51N9O5/c1-7-42-33(5)39(15-18-54-42)35-11-13-45-37(25-35)27-46(62(45)53(28-32(53)4)50-56-51(65)67-57-50)49(64)59-20-17-43-41(29-59)47(40(16-19-55-43)34-10-8-9-30(2)23-34)61-22-21-60(52(61)66)38-12-14-44-36(26-38)24-31(3)48(63)58(44)6/h8-15,18,21-27,32,40H,7,16-17,19-20,28-29H2,1-6H3,(H,56,57,65)/t32-,40?,53-/m0/s1. The molecule has 1 aliphatic carbocycles. The zero-order valence-corrected chi connectivity index (χ0v) is 38.5. The zero-order chi connectivity index (χ0) is 46.5. The number of fused-ring (bicyclic) bond motifs is 3. The summed E-state index contributed by atoms with van der Waals surface area (Å²) in [7, 11) is 1.76. The van der Waals surface area contributed by atoms with Crippen LogP contribution in [-0.2, 0) is 19.0 Å². The second-order valence-electron chi connectivity index (χ2n) is 18.6. The number of pyridine rings is 2. The molecule has 3 aliphatic rings. The van der Waals surface area contributed by atoms with Crippen LogP contribution in [0.25, 0.3) is 44.3 Å². The van der Waals surface area contributed by atoms with Gasteiger partial charge in [-0.05, 0) is 117 Å². The Morgan fingerprint density at radius 2 is 1.72 bits per heavy atom. The van der Waals surface area contributed by atoms with E-state index in [1.807, 2.05) is 53.7 Å². The van der Waals surface area contributed by atoms with Gasteiger partial charge in [0.25, 0.3) is 11.5 Å². The van der Waals surface area contributed by atoms with E-state index in [1.165, 1.54) is 0 Å². The SMILES string of the molecule is CCc1nccc(-c2ccc3c(c2)cc(C(=O)N2CCC4=NCCC(c5cccc(C)c5)C(n5ccn(-c6ccc7c(c6)cc(C)c(=O)n7C)c5=O)=C4C2)n3[C@@]2(c3noc(=O)[nH]3)C[C@@H]2C)c1C. The maximum atomic E-state index is 15.6. The Labute approximate surface area is 385 Å². The number of aromatic amines is 1. The van der Waals surface area contributed by atoms with E-state index in [4.69, 9.17) is 9.52 Å².